The molecule has 1 saturated heterocycles. The number of anilines is 2. The second-order valence-corrected chi connectivity index (χ2v) is 3.39. The van der Waals surface area contributed by atoms with Gasteiger partial charge in [-0.1, -0.05) is 0 Å². The average Bonchev–Trinajstić information content (AvgIpc) is 2.30. The van der Waals surface area contributed by atoms with Crippen LogP contribution in [0.5, 0.6) is 0 Å². The third kappa shape index (κ3) is 2.10. The molecule has 2 rings (SSSR count). The second kappa shape index (κ2) is 4.31. The van der Waals surface area contributed by atoms with Crippen molar-refractivity contribution in [2.24, 2.45) is 0 Å². The van der Waals surface area contributed by atoms with Gasteiger partial charge in [0.2, 0.25) is 0 Å². The topological polar surface area (TPSA) is 41.6 Å². The molecule has 1 heterocycles. The summed E-state index contributed by atoms with van der Waals surface area (Å²) in [5.41, 5.74) is 1.97. The molecular weight excluding hydrogens is 192 g/mol. The fourth-order valence-corrected chi connectivity index (χ4v) is 1.60. The largest absolute Gasteiger partial charge is 0.388 e. The van der Waals surface area contributed by atoms with Crippen LogP contribution < -0.4 is 10.2 Å². The van der Waals surface area contributed by atoms with Gasteiger partial charge in [0.1, 0.15) is 6.61 Å². The number of nitrogens with zero attached hydrogens (tertiary/aromatic N) is 1. The standard InChI is InChI=1S/C11H14N2O2/c1-12-9-2-4-10(5-3-9)13-6-7-15-8-11(13)14/h2-5,12H,6-8H2,1H3. The molecule has 0 spiro atoms. The zero-order chi connectivity index (χ0) is 10.7. The molecule has 1 aromatic carbocycles. The Morgan fingerprint density at radius 3 is 2.67 bits per heavy atom. The zero-order valence-corrected chi connectivity index (χ0v) is 8.69. The summed E-state index contributed by atoms with van der Waals surface area (Å²) in [6.07, 6.45) is 0. The number of nitrogens with one attached hydrogen (secondary N) is 1. The van der Waals surface area contributed by atoms with Crippen LogP contribution in [0.1, 0.15) is 0 Å². The van der Waals surface area contributed by atoms with Gasteiger partial charge in [-0.05, 0) is 24.3 Å². The number of carbonyl (C=O) groups excluding carboxylic acids is 1. The normalized spacial score (nSPS) is 16.6. The van der Waals surface area contributed by atoms with Crippen molar-refractivity contribution in [3.8, 4) is 0 Å². The van der Waals surface area contributed by atoms with Gasteiger partial charge in [0.05, 0.1) is 6.61 Å². The van der Waals surface area contributed by atoms with Gasteiger partial charge in [-0.15, -0.1) is 0 Å². The van der Waals surface area contributed by atoms with Gasteiger partial charge in [-0.25, -0.2) is 0 Å². The Hall–Kier alpha value is -1.55. The van der Waals surface area contributed by atoms with E-state index >= 15 is 0 Å². The number of rotatable bonds is 2. The predicted molar refractivity (Wildman–Crippen MR) is 59.2 cm³/mol. The number of hydrogen-bond donors (Lipinski definition) is 1. The highest BCUT2D eigenvalue weighted by Gasteiger charge is 2.19. The minimum Gasteiger partial charge on any atom is -0.388 e. The number of ether oxygens (including phenoxy) is 1. The first kappa shape index (κ1) is 9.98. The number of carbonyl (C=O) groups is 1. The Kier molecular flexibility index (Phi) is 2.87. The lowest BCUT2D eigenvalue weighted by Gasteiger charge is -2.26. The van der Waals surface area contributed by atoms with Crippen LogP contribution in [0.3, 0.4) is 0 Å². The SMILES string of the molecule is CNc1ccc(N2CCOCC2=O)cc1. The highest BCUT2D eigenvalue weighted by molar-refractivity contribution is 5.94. The minimum absolute atomic E-state index is 0.0263. The molecule has 0 aliphatic carbocycles. The molecule has 1 aliphatic rings. The van der Waals surface area contributed by atoms with Gasteiger partial charge < -0.3 is 15.0 Å². The van der Waals surface area contributed by atoms with E-state index in [4.69, 9.17) is 4.74 Å². The summed E-state index contributed by atoms with van der Waals surface area (Å²) >= 11 is 0. The van der Waals surface area contributed by atoms with Gasteiger partial charge in [-0.2, -0.15) is 0 Å². The van der Waals surface area contributed by atoms with E-state index in [1.54, 1.807) is 4.90 Å². The van der Waals surface area contributed by atoms with Crippen LogP contribution in [0.2, 0.25) is 0 Å². The molecule has 80 valence electrons. The van der Waals surface area contributed by atoms with E-state index in [1.165, 1.54) is 0 Å². The van der Waals surface area contributed by atoms with Gasteiger partial charge in [0.25, 0.3) is 5.91 Å². The van der Waals surface area contributed by atoms with E-state index in [2.05, 4.69) is 5.32 Å². The fourth-order valence-electron chi connectivity index (χ4n) is 1.60. The van der Waals surface area contributed by atoms with Crippen molar-refractivity contribution in [3.63, 3.8) is 0 Å². The highest BCUT2D eigenvalue weighted by atomic mass is 16.5. The summed E-state index contributed by atoms with van der Waals surface area (Å²) in [6.45, 7) is 1.44. The molecule has 1 N–H and O–H groups in total. The van der Waals surface area contributed by atoms with Gasteiger partial charge in [-0.3, -0.25) is 4.79 Å². The first-order valence-corrected chi connectivity index (χ1v) is 4.97. The Morgan fingerprint density at radius 2 is 2.07 bits per heavy atom. The molecule has 15 heavy (non-hydrogen) atoms. The monoisotopic (exact) mass is 206 g/mol. The quantitative estimate of drug-likeness (QED) is 0.787. The van der Waals surface area contributed by atoms with Crippen LogP contribution in [-0.4, -0.2) is 32.7 Å². The van der Waals surface area contributed by atoms with Crippen molar-refractivity contribution in [1.82, 2.24) is 0 Å². The lowest BCUT2D eigenvalue weighted by Crippen LogP contribution is -2.41. The van der Waals surface area contributed by atoms with Crippen molar-refractivity contribution in [2.45, 2.75) is 0 Å². The van der Waals surface area contributed by atoms with E-state index in [0.29, 0.717) is 13.2 Å². The van der Waals surface area contributed by atoms with Crippen LogP contribution in [0, 0.1) is 0 Å². The number of morpholine rings is 1. The molecule has 0 unspecified atom stereocenters. The zero-order valence-electron chi connectivity index (χ0n) is 8.69. The molecule has 1 fully saturated rings. The van der Waals surface area contributed by atoms with E-state index in [9.17, 15) is 4.79 Å². The first-order valence-electron chi connectivity index (χ1n) is 4.97. The molecule has 0 saturated carbocycles. The second-order valence-electron chi connectivity index (χ2n) is 3.39. The lowest BCUT2D eigenvalue weighted by atomic mass is 10.2. The molecule has 1 aliphatic heterocycles. The van der Waals surface area contributed by atoms with E-state index in [-0.39, 0.29) is 12.5 Å². The summed E-state index contributed by atoms with van der Waals surface area (Å²) in [6, 6.07) is 7.79. The number of benzene rings is 1. The van der Waals surface area contributed by atoms with Crippen LogP contribution in [0.4, 0.5) is 11.4 Å². The molecule has 4 nitrogen and oxygen atoms in total. The lowest BCUT2D eigenvalue weighted by molar-refractivity contribution is -0.125. The minimum atomic E-state index is 0.0263. The van der Waals surface area contributed by atoms with Crippen molar-refractivity contribution in [2.75, 3.05) is 37.0 Å². The molecule has 1 amide bonds. The molecule has 0 radical (unpaired) electrons. The van der Waals surface area contributed by atoms with Crippen LogP contribution in [0.25, 0.3) is 0 Å². The van der Waals surface area contributed by atoms with Gasteiger partial charge >= 0.3 is 0 Å². The third-order valence-corrected chi connectivity index (χ3v) is 2.45. The molecule has 0 aromatic heterocycles. The summed E-state index contributed by atoms with van der Waals surface area (Å²) in [5.74, 6) is 0.0263. The van der Waals surface area contributed by atoms with Gasteiger partial charge in [0.15, 0.2) is 0 Å². The summed E-state index contributed by atoms with van der Waals surface area (Å²) in [4.78, 5) is 13.3. The molecule has 1 aromatic rings. The molecule has 4 heteroatoms. The third-order valence-electron chi connectivity index (χ3n) is 2.45. The first-order chi connectivity index (χ1) is 7.31. The smallest absolute Gasteiger partial charge is 0.253 e. The predicted octanol–water partition coefficient (Wildman–Crippen LogP) is 1.09. The number of amides is 1. The Morgan fingerprint density at radius 1 is 1.33 bits per heavy atom. The Balaban J connectivity index is 2.17. The van der Waals surface area contributed by atoms with E-state index in [1.807, 2.05) is 31.3 Å². The van der Waals surface area contributed by atoms with E-state index in [0.717, 1.165) is 11.4 Å². The van der Waals surface area contributed by atoms with Crippen LogP contribution in [0.15, 0.2) is 24.3 Å². The van der Waals surface area contributed by atoms with Crippen molar-refractivity contribution in [1.29, 1.82) is 0 Å². The number of hydrogen-bond acceptors (Lipinski definition) is 3. The Labute approximate surface area is 88.8 Å². The molecule has 0 bridgehead atoms. The maximum atomic E-state index is 11.5. The van der Waals surface area contributed by atoms with Crippen LogP contribution >= 0.6 is 0 Å². The van der Waals surface area contributed by atoms with Crippen molar-refractivity contribution in [3.05, 3.63) is 24.3 Å². The van der Waals surface area contributed by atoms with Crippen molar-refractivity contribution < 1.29 is 9.53 Å². The maximum Gasteiger partial charge on any atom is 0.253 e. The average molecular weight is 206 g/mol. The molecular formula is C11H14N2O2. The van der Waals surface area contributed by atoms with Crippen molar-refractivity contribution >= 4 is 17.3 Å². The Bertz CT molecular complexity index is 348. The highest BCUT2D eigenvalue weighted by Crippen LogP contribution is 2.19. The summed E-state index contributed by atoms with van der Waals surface area (Å²) < 4.78 is 5.07. The van der Waals surface area contributed by atoms with E-state index < -0.39 is 0 Å². The summed E-state index contributed by atoms with van der Waals surface area (Å²) in [5, 5.41) is 3.04. The summed E-state index contributed by atoms with van der Waals surface area (Å²) in [7, 11) is 1.87. The van der Waals surface area contributed by atoms with Crippen LogP contribution in [-0.2, 0) is 9.53 Å². The maximum absolute atomic E-state index is 11.5. The molecule has 0 atom stereocenters. The fraction of sp³-hybridized carbons (Fsp3) is 0.364. The van der Waals surface area contributed by atoms with Gasteiger partial charge in [0, 0.05) is 25.0 Å².